The highest BCUT2D eigenvalue weighted by molar-refractivity contribution is 5.92. The molecule has 0 saturated carbocycles. The number of ether oxygens (including phenoxy) is 2. The highest BCUT2D eigenvalue weighted by Crippen LogP contribution is 2.17. The first kappa shape index (κ1) is 15.8. The molecule has 20 heavy (non-hydrogen) atoms. The molecular weight excluding hydrogens is 260 g/mol. The van der Waals surface area contributed by atoms with E-state index in [0.29, 0.717) is 0 Å². The second-order valence-corrected chi connectivity index (χ2v) is 4.22. The van der Waals surface area contributed by atoms with Gasteiger partial charge in [-0.25, -0.2) is 4.79 Å². The SMILES string of the molecule is CC[C@@H](CC(=O)NC(=O)OC)Nc1ccc(OC)cc1. The third kappa shape index (κ3) is 5.17. The van der Waals surface area contributed by atoms with E-state index in [1.807, 2.05) is 31.2 Å². The van der Waals surface area contributed by atoms with E-state index in [0.717, 1.165) is 17.9 Å². The summed E-state index contributed by atoms with van der Waals surface area (Å²) in [5.74, 6) is 0.400. The quantitative estimate of drug-likeness (QED) is 0.835. The molecule has 1 aromatic carbocycles. The van der Waals surface area contributed by atoms with E-state index in [-0.39, 0.29) is 18.4 Å². The van der Waals surface area contributed by atoms with Crippen LogP contribution in [0, 0.1) is 0 Å². The molecule has 2 amide bonds. The number of rotatable bonds is 6. The van der Waals surface area contributed by atoms with Crippen LogP contribution in [-0.2, 0) is 9.53 Å². The van der Waals surface area contributed by atoms with E-state index in [4.69, 9.17) is 4.74 Å². The van der Waals surface area contributed by atoms with Crippen LogP contribution < -0.4 is 15.4 Å². The van der Waals surface area contributed by atoms with Gasteiger partial charge >= 0.3 is 6.09 Å². The van der Waals surface area contributed by atoms with Gasteiger partial charge in [-0.3, -0.25) is 10.1 Å². The minimum absolute atomic E-state index is 0.0620. The summed E-state index contributed by atoms with van der Waals surface area (Å²) in [5, 5.41) is 5.37. The summed E-state index contributed by atoms with van der Waals surface area (Å²) in [7, 11) is 2.82. The van der Waals surface area contributed by atoms with Gasteiger partial charge < -0.3 is 14.8 Å². The second-order valence-electron chi connectivity index (χ2n) is 4.22. The summed E-state index contributed by atoms with van der Waals surface area (Å²) < 4.78 is 9.45. The zero-order valence-electron chi connectivity index (χ0n) is 11.9. The molecule has 0 radical (unpaired) electrons. The Bertz CT molecular complexity index is 445. The van der Waals surface area contributed by atoms with Gasteiger partial charge in [0.25, 0.3) is 0 Å². The van der Waals surface area contributed by atoms with Crippen molar-refractivity contribution in [1.82, 2.24) is 5.32 Å². The molecule has 1 rings (SSSR count). The topological polar surface area (TPSA) is 76.7 Å². The maximum atomic E-state index is 11.6. The van der Waals surface area contributed by atoms with Crippen molar-refractivity contribution in [2.75, 3.05) is 19.5 Å². The molecule has 0 fully saturated rings. The Morgan fingerprint density at radius 3 is 2.35 bits per heavy atom. The average molecular weight is 280 g/mol. The standard InChI is InChI=1S/C14H20N2O4/c1-4-10(9-13(17)16-14(18)20-3)15-11-5-7-12(19-2)8-6-11/h5-8,10,15H,4,9H2,1-3H3,(H,16,17,18)/t10-/m0/s1. The fourth-order valence-electron chi connectivity index (χ4n) is 1.66. The number of nitrogens with one attached hydrogen (secondary N) is 2. The lowest BCUT2D eigenvalue weighted by atomic mass is 10.1. The van der Waals surface area contributed by atoms with Gasteiger partial charge in [-0.05, 0) is 30.7 Å². The number of carbonyl (C=O) groups is 2. The molecule has 0 heterocycles. The molecule has 0 aliphatic rings. The van der Waals surface area contributed by atoms with Crippen molar-refractivity contribution in [3.63, 3.8) is 0 Å². The maximum absolute atomic E-state index is 11.6. The lowest BCUT2D eigenvalue weighted by molar-refractivity contribution is -0.120. The van der Waals surface area contributed by atoms with Crippen LogP contribution in [-0.4, -0.2) is 32.3 Å². The third-order valence-corrected chi connectivity index (χ3v) is 2.81. The van der Waals surface area contributed by atoms with E-state index >= 15 is 0 Å². The molecule has 0 saturated heterocycles. The summed E-state index contributed by atoms with van der Waals surface area (Å²) in [4.78, 5) is 22.5. The van der Waals surface area contributed by atoms with Crippen LogP contribution in [0.4, 0.5) is 10.5 Å². The first-order valence-corrected chi connectivity index (χ1v) is 6.37. The van der Waals surface area contributed by atoms with Crippen molar-refractivity contribution in [2.45, 2.75) is 25.8 Å². The molecule has 0 unspecified atom stereocenters. The number of imide groups is 1. The molecule has 0 aliphatic carbocycles. The Labute approximate surface area is 118 Å². The number of amides is 2. The van der Waals surface area contributed by atoms with Crippen LogP contribution in [0.1, 0.15) is 19.8 Å². The smallest absolute Gasteiger partial charge is 0.413 e. The zero-order valence-corrected chi connectivity index (χ0v) is 11.9. The van der Waals surface area contributed by atoms with Crippen molar-refractivity contribution in [3.05, 3.63) is 24.3 Å². The van der Waals surface area contributed by atoms with Crippen LogP contribution >= 0.6 is 0 Å². The second kappa shape index (κ2) is 8.04. The van der Waals surface area contributed by atoms with Crippen LogP contribution in [0.5, 0.6) is 5.75 Å². The Morgan fingerprint density at radius 2 is 1.85 bits per heavy atom. The first-order valence-electron chi connectivity index (χ1n) is 6.37. The normalized spacial score (nSPS) is 11.3. The number of alkyl carbamates (subject to hydrolysis) is 1. The van der Waals surface area contributed by atoms with Gasteiger partial charge in [-0.1, -0.05) is 6.92 Å². The van der Waals surface area contributed by atoms with Crippen molar-refractivity contribution < 1.29 is 19.1 Å². The number of benzene rings is 1. The van der Waals surface area contributed by atoms with Crippen LogP contribution in [0.3, 0.4) is 0 Å². The molecule has 1 aromatic rings. The fraction of sp³-hybridized carbons (Fsp3) is 0.429. The molecule has 0 bridgehead atoms. The highest BCUT2D eigenvalue weighted by atomic mass is 16.5. The minimum Gasteiger partial charge on any atom is -0.497 e. The van der Waals surface area contributed by atoms with E-state index in [1.165, 1.54) is 7.11 Å². The van der Waals surface area contributed by atoms with Gasteiger partial charge in [0, 0.05) is 18.2 Å². The number of methoxy groups -OCH3 is 2. The van der Waals surface area contributed by atoms with Gasteiger partial charge in [-0.15, -0.1) is 0 Å². The van der Waals surface area contributed by atoms with Gasteiger partial charge in [0.15, 0.2) is 0 Å². The van der Waals surface area contributed by atoms with Gasteiger partial charge in [0.05, 0.1) is 14.2 Å². The molecule has 2 N–H and O–H groups in total. The Balaban J connectivity index is 2.53. The summed E-state index contributed by atoms with van der Waals surface area (Å²) >= 11 is 0. The molecule has 1 atom stereocenters. The van der Waals surface area contributed by atoms with Crippen LogP contribution in [0.2, 0.25) is 0 Å². The van der Waals surface area contributed by atoms with E-state index in [2.05, 4.69) is 15.4 Å². The van der Waals surface area contributed by atoms with Crippen molar-refractivity contribution in [2.24, 2.45) is 0 Å². The number of carbonyl (C=O) groups excluding carboxylic acids is 2. The Kier molecular flexibility index (Phi) is 6.36. The lowest BCUT2D eigenvalue weighted by Crippen LogP contribution is -2.34. The third-order valence-electron chi connectivity index (χ3n) is 2.81. The molecule has 0 aromatic heterocycles. The van der Waals surface area contributed by atoms with Crippen LogP contribution in [0.25, 0.3) is 0 Å². The zero-order chi connectivity index (χ0) is 15.0. The van der Waals surface area contributed by atoms with Gasteiger partial charge in [0.2, 0.25) is 5.91 Å². The molecule has 0 aliphatic heterocycles. The number of anilines is 1. The minimum atomic E-state index is -0.741. The monoisotopic (exact) mass is 280 g/mol. The van der Waals surface area contributed by atoms with Gasteiger partial charge in [0.1, 0.15) is 5.75 Å². The maximum Gasteiger partial charge on any atom is 0.413 e. The van der Waals surface area contributed by atoms with Crippen molar-refractivity contribution >= 4 is 17.7 Å². The summed E-state index contributed by atoms with van der Waals surface area (Å²) in [6.45, 7) is 1.96. The van der Waals surface area contributed by atoms with Crippen LogP contribution in [0.15, 0.2) is 24.3 Å². The van der Waals surface area contributed by atoms with E-state index < -0.39 is 6.09 Å². The Hall–Kier alpha value is -2.24. The number of hydrogen-bond acceptors (Lipinski definition) is 5. The van der Waals surface area contributed by atoms with Crippen molar-refractivity contribution in [1.29, 1.82) is 0 Å². The lowest BCUT2D eigenvalue weighted by Gasteiger charge is -2.17. The van der Waals surface area contributed by atoms with E-state index in [1.54, 1.807) is 7.11 Å². The highest BCUT2D eigenvalue weighted by Gasteiger charge is 2.14. The molecule has 6 nitrogen and oxygen atoms in total. The van der Waals surface area contributed by atoms with Gasteiger partial charge in [-0.2, -0.15) is 0 Å². The van der Waals surface area contributed by atoms with E-state index in [9.17, 15) is 9.59 Å². The summed E-state index contributed by atoms with van der Waals surface area (Å²) in [6, 6.07) is 7.36. The average Bonchev–Trinajstić information content (AvgIpc) is 2.47. The van der Waals surface area contributed by atoms with Crippen molar-refractivity contribution in [3.8, 4) is 5.75 Å². The molecule has 6 heteroatoms. The fourth-order valence-corrected chi connectivity index (χ4v) is 1.66. The predicted octanol–water partition coefficient (Wildman–Crippen LogP) is 2.16. The molecular formula is C14H20N2O4. The predicted molar refractivity (Wildman–Crippen MR) is 75.9 cm³/mol. The summed E-state index contributed by atoms with van der Waals surface area (Å²) in [6.07, 6.45) is 0.201. The first-order chi connectivity index (χ1) is 9.58. The summed E-state index contributed by atoms with van der Waals surface area (Å²) in [5.41, 5.74) is 0.892. The Morgan fingerprint density at radius 1 is 1.20 bits per heavy atom. The number of hydrogen-bond donors (Lipinski definition) is 2. The molecule has 0 spiro atoms. The molecule has 110 valence electrons. The largest absolute Gasteiger partial charge is 0.497 e.